The van der Waals surface area contributed by atoms with Gasteiger partial charge in [-0.25, -0.2) is 9.37 Å². The van der Waals surface area contributed by atoms with Gasteiger partial charge in [-0.1, -0.05) is 39.4 Å². The first-order chi connectivity index (χ1) is 11.6. The molecule has 0 atom stereocenters. The second-order valence-electron chi connectivity index (χ2n) is 4.97. The summed E-state index contributed by atoms with van der Waals surface area (Å²) in [5, 5.41) is 0.614. The number of aromatic nitrogens is 1. The number of ether oxygens (including phenoxy) is 1. The number of anilines is 1. The van der Waals surface area contributed by atoms with E-state index in [9.17, 15) is 9.18 Å². The third kappa shape index (κ3) is 3.57. The molecular formula is C17H14BrFN2O2S. The highest BCUT2D eigenvalue weighted by atomic mass is 79.9. The number of fused-ring (bicyclic) bond motifs is 1. The Morgan fingerprint density at radius 2 is 2.12 bits per heavy atom. The smallest absolute Gasteiger partial charge is 0.266 e. The molecule has 24 heavy (non-hydrogen) atoms. The van der Waals surface area contributed by atoms with Crippen LogP contribution in [0, 0.1) is 5.82 Å². The van der Waals surface area contributed by atoms with E-state index in [2.05, 4.69) is 20.9 Å². The molecule has 1 aromatic heterocycles. The highest BCUT2D eigenvalue weighted by molar-refractivity contribution is 9.10. The highest BCUT2D eigenvalue weighted by Gasteiger charge is 2.19. The zero-order valence-corrected chi connectivity index (χ0v) is 15.2. The first kappa shape index (κ1) is 16.9. The molecule has 3 aromatic rings. The summed E-state index contributed by atoms with van der Waals surface area (Å²) in [5.74, 6) is -0.731. The molecule has 1 heterocycles. The van der Waals surface area contributed by atoms with E-state index in [0.29, 0.717) is 16.1 Å². The number of hydrogen-bond donors (Lipinski definition) is 0. The minimum absolute atomic E-state index is 0.0481. The number of halogens is 2. The van der Waals surface area contributed by atoms with Crippen molar-refractivity contribution in [3.8, 4) is 5.75 Å². The van der Waals surface area contributed by atoms with Crippen LogP contribution in [0.2, 0.25) is 0 Å². The van der Waals surface area contributed by atoms with Crippen LogP contribution in [0.25, 0.3) is 10.2 Å². The lowest BCUT2D eigenvalue weighted by atomic mass is 10.3. The molecule has 124 valence electrons. The third-order valence-electron chi connectivity index (χ3n) is 3.38. The van der Waals surface area contributed by atoms with Crippen LogP contribution in [0.3, 0.4) is 0 Å². The predicted octanol–water partition coefficient (Wildman–Crippen LogP) is 4.63. The number of hydrogen-bond acceptors (Lipinski definition) is 4. The Kier molecular flexibility index (Phi) is 5.11. The van der Waals surface area contributed by atoms with E-state index in [1.807, 2.05) is 31.2 Å². The summed E-state index contributed by atoms with van der Waals surface area (Å²) < 4.78 is 20.7. The Morgan fingerprint density at radius 3 is 2.83 bits per heavy atom. The molecule has 0 aliphatic heterocycles. The number of nitrogens with zero attached hydrogens (tertiary/aromatic N) is 2. The minimum atomic E-state index is -0.514. The Morgan fingerprint density at radius 1 is 1.33 bits per heavy atom. The molecule has 0 aliphatic rings. The molecule has 0 saturated carbocycles. The van der Waals surface area contributed by atoms with Gasteiger partial charge in [0.05, 0.1) is 10.2 Å². The monoisotopic (exact) mass is 408 g/mol. The van der Waals surface area contributed by atoms with Gasteiger partial charge in [0.25, 0.3) is 5.91 Å². The number of likely N-dealkylation sites (N-methyl/N-ethyl adjacent to an activating group) is 1. The fourth-order valence-corrected chi connectivity index (χ4v) is 3.58. The maximum Gasteiger partial charge on any atom is 0.266 e. The number of rotatable bonds is 5. The summed E-state index contributed by atoms with van der Waals surface area (Å²) in [6.45, 7) is 2.08. The lowest BCUT2D eigenvalue weighted by molar-refractivity contribution is -0.120. The van der Waals surface area contributed by atoms with Crippen LogP contribution in [0.15, 0.2) is 46.9 Å². The van der Waals surface area contributed by atoms with Gasteiger partial charge in [-0.2, -0.15) is 0 Å². The van der Waals surface area contributed by atoms with Crippen LogP contribution in [0.4, 0.5) is 9.52 Å². The first-order valence-corrected chi connectivity index (χ1v) is 8.93. The maximum atomic E-state index is 13.8. The van der Waals surface area contributed by atoms with Crippen molar-refractivity contribution >= 4 is 48.5 Å². The SMILES string of the molecule is CCN(C(=O)COc1ccc(Br)cc1F)c1nc2ccccc2s1. The molecule has 0 aliphatic carbocycles. The molecule has 0 N–H and O–H groups in total. The molecule has 2 aromatic carbocycles. The topological polar surface area (TPSA) is 42.4 Å². The third-order valence-corrected chi connectivity index (χ3v) is 4.93. The summed E-state index contributed by atoms with van der Waals surface area (Å²) in [5.41, 5.74) is 0.851. The van der Waals surface area contributed by atoms with Gasteiger partial charge in [-0.3, -0.25) is 9.69 Å². The lowest BCUT2D eigenvalue weighted by Crippen LogP contribution is -2.34. The molecule has 0 fully saturated rings. The standard InChI is InChI=1S/C17H14BrFN2O2S/c1-2-21(17-20-13-5-3-4-6-15(13)24-17)16(22)10-23-14-8-7-11(18)9-12(14)19/h3-9H,2,10H2,1H3. The molecule has 0 radical (unpaired) electrons. The summed E-state index contributed by atoms with van der Waals surface area (Å²) in [7, 11) is 0. The average molecular weight is 409 g/mol. The molecule has 0 bridgehead atoms. The van der Waals surface area contributed by atoms with Crippen molar-refractivity contribution in [1.82, 2.24) is 4.98 Å². The summed E-state index contributed by atoms with van der Waals surface area (Å²) >= 11 is 4.62. The zero-order chi connectivity index (χ0) is 17.1. The van der Waals surface area contributed by atoms with E-state index in [1.165, 1.54) is 23.5 Å². The minimum Gasteiger partial charge on any atom is -0.481 e. The van der Waals surface area contributed by atoms with Crippen molar-refractivity contribution in [2.24, 2.45) is 0 Å². The van der Waals surface area contributed by atoms with Crippen LogP contribution in [0.5, 0.6) is 5.75 Å². The van der Waals surface area contributed by atoms with E-state index in [-0.39, 0.29) is 18.3 Å². The van der Waals surface area contributed by atoms with E-state index in [0.717, 1.165) is 10.2 Å². The molecule has 0 unspecified atom stereocenters. The fourth-order valence-electron chi connectivity index (χ4n) is 2.20. The van der Waals surface area contributed by atoms with Crippen molar-refractivity contribution in [3.05, 3.63) is 52.8 Å². The number of thiazole rings is 1. The molecule has 0 spiro atoms. The Hall–Kier alpha value is -1.99. The van der Waals surface area contributed by atoms with Crippen LogP contribution in [-0.4, -0.2) is 24.0 Å². The van der Waals surface area contributed by atoms with Crippen molar-refractivity contribution in [1.29, 1.82) is 0 Å². The molecule has 3 rings (SSSR count). The second kappa shape index (κ2) is 7.27. The molecular weight excluding hydrogens is 395 g/mol. The first-order valence-electron chi connectivity index (χ1n) is 7.32. The Balaban J connectivity index is 1.74. The number of benzene rings is 2. The largest absolute Gasteiger partial charge is 0.481 e. The fraction of sp³-hybridized carbons (Fsp3) is 0.176. The van der Waals surface area contributed by atoms with Crippen molar-refractivity contribution < 1.29 is 13.9 Å². The number of para-hydroxylation sites is 1. The summed E-state index contributed by atoms with van der Waals surface area (Å²) in [6.07, 6.45) is 0. The maximum absolute atomic E-state index is 13.8. The predicted molar refractivity (Wildman–Crippen MR) is 97.2 cm³/mol. The number of carbonyl (C=O) groups excluding carboxylic acids is 1. The Bertz CT molecular complexity index is 851. The summed E-state index contributed by atoms with van der Waals surface area (Å²) in [6, 6.07) is 12.1. The van der Waals surface area contributed by atoms with Crippen molar-refractivity contribution in [2.45, 2.75) is 6.92 Å². The van der Waals surface area contributed by atoms with Gasteiger partial charge in [-0.15, -0.1) is 0 Å². The molecule has 1 amide bonds. The van der Waals surface area contributed by atoms with E-state index >= 15 is 0 Å². The van der Waals surface area contributed by atoms with E-state index in [4.69, 9.17) is 4.74 Å². The summed E-state index contributed by atoms with van der Waals surface area (Å²) in [4.78, 5) is 18.5. The van der Waals surface area contributed by atoms with Gasteiger partial charge in [0.1, 0.15) is 0 Å². The number of amides is 1. The van der Waals surface area contributed by atoms with Gasteiger partial charge in [-0.05, 0) is 37.3 Å². The van der Waals surface area contributed by atoms with Gasteiger partial charge >= 0.3 is 0 Å². The van der Waals surface area contributed by atoms with Crippen molar-refractivity contribution in [2.75, 3.05) is 18.1 Å². The quantitative estimate of drug-likeness (QED) is 0.617. The van der Waals surface area contributed by atoms with Gasteiger partial charge in [0.15, 0.2) is 23.3 Å². The normalized spacial score (nSPS) is 10.8. The van der Waals surface area contributed by atoms with Crippen molar-refractivity contribution in [3.63, 3.8) is 0 Å². The van der Waals surface area contributed by atoms with Gasteiger partial charge in [0, 0.05) is 11.0 Å². The molecule has 0 saturated heterocycles. The average Bonchev–Trinajstić information content (AvgIpc) is 2.98. The van der Waals surface area contributed by atoms with Gasteiger partial charge in [0.2, 0.25) is 0 Å². The lowest BCUT2D eigenvalue weighted by Gasteiger charge is -2.18. The van der Waals surface area contributed by atoms with Gasteiger partial charge < -0.3 is 4.74 Å². The Labute approximate surface area is 151 Å². The highest BCUT2D eigenvalue weighted by Crippen LogP contribution is 2.28. The molecule has 7 heteroatoms. The van der Waals surface area contributed by atoms with E-state index < -0.39 is 5.82 Å². The number of carbonyl (C=O) groups is 1. The van der Waals surface area contributed by atoms with Crippen LogP contribution < -0.4 is 9.64 Å². The second-order valence-corrected chi connectivity index (χ2v) is 6.89. The van der Waals surface area contributed by atoms with Crippen LogP contribution in [0.1, 0.15) is 6.92 Å². The van der Waals surface area contributed by atoms with Crippen LogP contribution >= 0.6 is 27.3 Å². The zero-order valence-electron chi connectivity index (χ0n) is 12.8. The van der Waals surface area contributed by atoms with Crippen LogP contribution in [-0.2, 0) is 4.79 Å². The molecule has 4 nitrogen and oxygen atoms in total. The van der Waals surface area contributed by atoms with E-state index in [1.54, 1.807) is 11.0 Å².